The van der Waals surface area contributed by atoms with Gasteiger partial charge < -0.3 is 15.4 Å². The Kier molecular flexibility index (Phi) is 9.08. The van der Waals surface area contributed by atoms with Crippen LogP contribution in [0.3, 0.4) is 0 Å². The third kappa shape index (κ3) is 6.96. The second kappa shape index (κ2) is 13.9. The number of likely N-dealkylation sites (tertiary alicyclic amines) is 1. The monoisotopic (exact) mass is 647 g/mol. The molecule has 7 rings (SSSR count). The summed E-state index contributed by atoms with van der Waals surface area (Å²) in [5.74, 6) is 0.190. The van der Waals surface area contributed by atoms with E-state index in [1.165, 1.54) is 5.56 Å². The molecule has 10 heteroatoms. The van der Waals surface area contributed by atoms with Crippen LogP contribution >= 0.6 is 11.6 Å². The van der Waals surface area contributed by atoms with Crippen molar-refractivity contribution >= 4 is 29.7 Å². The summed E-state index contributed by atoms with van der Waals surface area (Å²) in [7, 11) is 0. The van der Waals surface area contributed by atoms with E-state index in [2.05, 4.69) is 70.0 Å². The fraction of sp³-hybridized carbons (Fsp3) is 0.270. The van der Waals surface area contributed by atoms with Crippen LogP contribution in [0.15, 0.2) is 108 Å². The lowest BCUT2D eigenvalue weighted by Gasteiger charge is -2.33. The van der Waals surface area contributed by atoms with Gasteiger partial charge in [0.15, 0.2) is 6.20 Å². The average molecular weight is 648 g/mol. The van der Waals surface area contributed by atoms with Crippen LogP contribution in [0.1, 0.15) is 59.9 Å². The summed E-state index contributed by atoms with van der Waals surface area (Å²) < 4.78 is 1.00. The Labute approximate surface area is 280 Å². The third-order valence-electron chi connectivity index (χ3n) is 9.42. The summed E-state index contributed by atoms with van der Waals surface area (Å²) in [4.78, 5) is 14.8. The largest absolute Gasteiger partial charge is 0.618 e. The molecule has 2 aliphatic heterocycles. The maximum Gasteiger partial charge on any atom is 0.317 e. The van der Waals surface area contributed by atoms with Gasteiger partial charge in [-0.1, -0.05) is 78.4 Å². The summed E-state index contributed by atoms with van der Waals surface area (Å²) in [6, 6.07) is 28.7. The minimum atomic E-state index is -0.162. The summed E-state index contributed by atoms with van der Waals surface area (Å²) >= 11 is 6.40. The molecule has 9 nitrogen and oxygen atoms in total. The van der Waals surface area contributed by atoms with E-state index in [4.69, 9.17) is 11.6 Å². The van der Waals surface area contributed by atoms with Crippen molar-refractivity contribution < 1.29 is 9.52 Å². The fourth-order valence-corrected chi connectivity index (χ4v) is 7.05. The molecule has 0 saturated carbocycles. The van der Waals surface area contributed by atoms with Gasteiger partial charge in [0.25, 0.3) is 0 Å². The van der Waals surface area contributed by atoms with Crippen LogP contribution in [0, 0.1) is 5.21 Å². The number of nitrogens with zero attached hydrogens (tertiary/aromatic N) is 4. The number of hydrazine groups is 2. The van der Waals surface area contributed by atoms with E-state index in [-0.39, 0.29) is 18.0 Å². The molecule has 3 aromatic carbocycles. The van der Waals surface area contributed by atoms with Crippen LogP contribution in [-0.4, -0.2) is 36.4 Å². The number of aromatic nitrogens is 1. The number of hydrazone groups is 1. The topological polar surface area (TPSA) is 98.9 Å². The number of anilines is 1. The van der Waals surface area contributed by atoms with Crippen LogP contribution in [0.25, 0.3) is 11.1 Å². The first kappa shape index (κ1) is 30.8. The second-order valence-electron chi connectivity index (χ2n) is 12.4. The number of rotatable bonds is 8. The molecule has 2 amide bonds. The number of hydrogen-bond donors (Lipinski definition) is 3. The number of benzene rings is 3. The number of halogens is 1. The first-order valence-corrected chi connectivity index (χ1v) is 16.6. The highest BCUT2D eigenvalue weighted by Crippen LogP contribution is 2.36. The molecule has 1 aliphatic carbocycles. The molecule has 3 N–H and O–H groups in total. The van der Waals surface area contributed by atoms with Crippen molar-refractivity contribution in [1.82, 2.24) is 21.3 Å². The summed E-state index contributed by atoms with van der Waals surface area (Å²) in [6.07, 6.45) is 11.9. The van der Waals surface area contributed by atoms with E-state index in [1.54, 1.807) is 17.5 Å². The molecule has 3 aliphatic rings. The Balaban J connectivity index is 1.15. The van der Waals surface area contributed by atoms with Crippen molar-refractivity contribution in [1.29, 1.82) is 0 Å². The zero-order chi connectivity index (χ0) is 32.2. The molecule has 1 fully saturated rings. The molecule has 240 valence electrons. The van der Waals surface area contributed by atoms with Gasteiger partial charge in [0.05, 0.1) is 11.6 Å². The summed E-state index contributed by atoms with van der Waals surface area (Å²) in [5, 5.41) is 23.4. The first-order valence-electron chi connectivity index (χ1n) is 16.2. The van der Waals surface area contributed by atoms with Gasteiger partial charge in [-0.25, -0.2) is 15.3 Å². The van der Waals surface area contributed by atoms with Gasteiger partial charge in [0, 0.05) is 41.3 Å². The van der Waals surface area contributed by atoms with Crippen molar-refractivity contribution in [3.05, 3.63) is 136 Å². The predicted molar refractivity (Wildman–Crippen MR) is 186 cm³/mol. The van der Waals surface area contributed by atoms with Gasteiger partial charge in [0.1, 0.15) is 6.34 Å². The Morgan fingerprint density at radius 1 is 1.00 bits per heavy atom. The molecule has 0 bridgehead atoms. The van der Waals surface area contributed by atoms with Crippen molar-refractivity contribution in [3.8, 4) is 11.1 Å². The number of carbonyl (C=O) groups is 1. The van der Waals surface area contributed by atoms with E-state index in [9.17, 15) is 10.0 Å². The molecule has 1 aromatic heterocycles. The highest BCUT2D eigenvalue weighted by molar-refractivity contribution is 6.31. The molecule has 47 heavy (non-hydrogen) atoms. The zero-order valence-electron chi connectivity index (χ0n) is 26.1. The van der Waals surface area contributed by atoms with E-state index in [0.717, 1.165) is 71.4 Å². The molecular formula is C37H38ClN7O2. The van der Waals surface area contributed by atoms with E-state index >= 15 is 0 Å². The maximum atomic E-state index is 13.9. The maximum absolute atomic E-state index is 13.9. The molecular weight excluding hydrogens is 610 g/mol. The molecule has 0 unspecified atom stereocenters. The Hall–Kier alpha value is -4.86. The zero-order valence-corrected chi connectivity index (χ0v) is 26.8. The number of hydrogen-bond acceptors (Lipinski definition) is 6. The van der Waals surface area contributed by atoms with Crippen molar-refractivity contribution in [3.63, 3.8) is 0 Å². The number of urea groups is 1. The smallest absolute Gasteiger partial charge is 0.317 e. The van der Waals surface area contributed by atoms with Gasteiger partial charge in [0.2, 0.25) is 5.69 Å². The van der Waals surface area contributed by atoms with Crippen LogP contribution in [-0.2, 0) is 6.42 Å². The van der Waals surface area contributed by atoms with Crippen LogP contribution in [0.2, 0.25) is 5.02 Å². The number of nitrogens with one attached hydrogen (secondary N) is 3. The minimum absolute atomic E-state index is 0.0451. The quantitative estimate of drug-likeness (QED) is 0.117. The second-order valence-corrected chi connectivity index (χ2v) is 12.9. The third-order valence-corrected chi connectivity index (χ3v) is 9.66. The minimum Gasteiger partial charge on any atom is -0.618 e. The Morgan fingerprint density at radius 2 is 1.81 bits per heavy atom. The Morgan fingerprint density at radius 3 is 2.55 bits per heavy atom. The average Bonchev–Trinajstić information content (AvgIpc) is 3.83. The normalized spacial score (nSPS) is 17.2. The molecule has 1 atom stereocenters. The molecule has 0 radical (unpaired) electrons. The summed E-state index contributed by atoms with van der Waals surface area (Å²) in [5.41, 5.74) is 12.2. The van der Waals surface area contributed by atoms with Gasteiger partial charge in [-0.2, -0.15) is 9.83 Å². The van der Waals surface area contributed by atoms with Crippen molar-refractivity contribution in [2.75, 3.05) is 18.1 Å². The molecule has 3 heterocycles. The van der Waals surface area contributed by atoms with Crippen LogP contribution in [0.5, 0.6) is 0 Å². The number of amides is 2. The van der Waals surface area contributed by atoms with Crippen molar-refractivity contribution in [2.45, 2.75) is 50.0 Å². The van der Waals surface area contributed by atoms with Crippen molar-refractivity contribution in [2.24, 2.45) is 5.10 Å². The van der Waals surface area contributed by atoms with Crippen LogP contribution < -0.4 is 26.1 Å². The lowest BCUT2D eigenvalue weighted by atomic mass is 9.84. The Bertz CT molecular complexity index is 1780. The van der Waals surface area contributed by atoms with Gasteiger partial charge in [-0.3, -0.25) is 0 Å². The van der Waals surface area contributed by atoms with E-state index in [0.29, 0.717) is 23.1 Å². The highest BCUT2D eigenvalue weighted by Gasteiger charge is 2.28. The highest BCUT2D eigenvalue weighted by atomic mass is 35.5. The predicted octanol–water partition coefficient (Wildman–Crippen LogP) is 6.40. The van der Waals surface area contributed by atoms with Crippen LogP contribution in [0.4, 0.5) is 10.5 Å². The number of piperidine rings is 1. The standard InChI is InChI=1S/C37H38ClN7O2/c38-31-14-16-35(44-25-39-41-42-44)34(23-31)30-13-15-36(45(47)24-30)33(21-26-7-2-1-3-8-26)29-10-6-9-28(22-29)27-17-19-43(20-18-27)37(46)40-32-11-4-5-12-32/h1-10,13-16,22-25,27,32-33,41-42H,11-12,17-21H2,(H,40,46)/t33-/m0/s1. The first-order chi connectivity index (χ1) is 23.0. The molecule has 4 aromatic rings. The summed E-state index contributed by atoms with van der Waals surface area (Å²) in [6.45, 7) is 1.47. The van der Waals surface area contributed by atoms with Gasteiger partial charge in [-0.05, 0) is 79.0 Å². The SMILES string of the molecule is O=C(NC1CC=CC1)N1CCC(c2cccc([C@H](Cc3ccccc3)c3ccc(-c4cc(Cl)ccc4N4C=NNN4)c[n+]3[O-])c2)CC1. The number of pyridine rings is 1. The van der Waals surface area contributed by atoms with E-state index in [1.807, 2.05) is 53.4 Å². The lowest BCUT2D eigenvalue weighted by Crippen LogP contribution is -2.47. The lowest BCUT2D eigenvalue weighted by molar-refractivity contribution is -0.614. The van der Waals surface area contributed by atoms with E-state index < -0.39 is 0 Å². The fourth-order valence-electron chi connectivity index (χ4n) is 6.88. The van der Waals surface area contributed by atoms with Gasteiger partial charge in [-0.15, -0.1) is 5.53 Å². The molecule has 0 spiro atoms. The number of carbonyl (C=O) groups excluding carboxylic acids is 1. The van der Waals surface area contributed by atoms with Gasteiger partial charge >= 0.3 is 6.03 Å². The molecule has 1 saturated heterocycles.